The molecular weight excluding hydrogens is 188 g/mol. The van der Waals surface area contributed by atoms with Gasteiger partial charge in [0.05, 0.1) is 10.5 Å². The minimum atomic E-state index is -1.27. The first kappa shape index (κ1) is 9.97. The standard InChI is InChI=1S/C8H8N2O4/c1-4-2-6(9)5(8(11)12)3-7(4)10(13)14/h2-3H,9H2,1H3,(H,11,12). The molecule has 0 fully saturated rings. The Morgan fingerprint density at radius 1 is 1.57 bits per heavy atom. The van der Waals surface area contributed by atoms with Crippen LogP contribution in [0.15, 0.2) is 12.1 Å². The highest BCUT2D eigenvalue weighted by atomic mass is 16.6. The maximum absolute atomic E-state index is 10.6. The van der Waals surface area contributed by atoms with Crippen molar-refractivity contribution in [3.05, 3.63) is 33.4 Å². The Bertz CT molecular complexity index is 379. The first-order chi connectivity index (χ1) is 6.43. The van der Waals surface area contributed by atoms with Gasteiger partial charge in [0.15, 0.2) is 0 Å². The molecule has 14 heavy (non-hydrogen) atoms. The van der Waals surface area contributed by atoms with Crippen molar-refractivity contribution < 1.29 is 14.8 Å². The molecule has 0 unspecified atom stereocenters. The highest BCUT2D eigenvalue weighted by molar-refractivity contribution is 5.94. The van der Waals surface area contributed by atoms with Crippen LogP contribution in [0.5, 0.6) is 0 Å². The third-order valence-corrected chi connectivity index (χ3v) is 1.80. The first-order valence-electron chi connectivity index (χ1n) is 3.71. The second kappa shape index (κ2) is 3.33. The van der Waals surface area contributed by atoms with Crippen molar-refractivity contribution in [3.8, 4) is 0 Å². The molecule has 0 amide bonds. The van der Waals surface area contributed by atoms with Gasteiger partial charge >= 0.3 is 5.97 Å². The minimum Gasteiger partial charge on any atom is -0.478 e. The van der Waals surface area contributed by atoms with E-state index in [1.807, 2.05) is 0 Å². The van der Waals surface area contributed by atoms with E-state index in [-0.39, 0.29) is 16.9 Å². The van der Waals surface area contributed by atoms with E-state index >= 15 is 0 Å². The van der Waals surface area contributed by atoms with E-state index in [2.05, 4.69) is 0 Å². The molecule has 74 valence electrons. The van der Waals surface area contributed by atoms with Gasteiger partial charge in [0.2, 0.25) is 0 Å². The van der Waals surface area contributed by atoms with Crippen molar-refractivity contribution in [2.24, 2.45) is 0 Å². The molecule has 1 aromatic carbocycles. The second-order valence-corrected chi connectivity index (χ2v) is 2.79. The number of hydrogen-bond acceptors (Lipinski definition) is 4. The van der Waals surface area contributed by atoms with E-state index in [4.69, 9.17) is 10.8 Å². The number of carbonyl (C=O) groups is 1. The summed E-state index contributed by atoms with van der Waals surface area (Å²) in [6.07, 6.45) is 0. The highest BCUT2D eigenvalue weighted by Gasteiger charge is 2.17. The van der Waals surface area contributed by atoms with Crippen molar-refractivity contribution in [3.63, 3.8) is 0 Å². The number of nitrogens with zero attached hydrogens (tertiary/aromatic N) is 1. The second-order valence-electron chi connectivity index (χ2n) is 2.79. The number of nitrogen functional groups attached to an aromatic ring is 1. The van der Waals surface area contributed by atoms with Gasteiger partial charge in [-0.25, -0.2) is 4.79 Å². The van der Waals surface area contributed by atoms with E-state index in [1.165, 1.54) is 13.0 Å². The molecule has 3 N–H and O–H groups in total. The zero-order valence-electron chi connectivity index (χ0n) is 7.35. The summed E-state index contributed by atoms with van der Waals surface area (Å²) in [7, 11) is 0. The Morgan fingerprint density at radius 2 is 2.14 bits per heavy atom. The van der Waals surface area contributed by atoms with Crippen LogP contribution in [-0.2, 0) is 0 Å². The summed E-state index contributed by atoms with van der Waals surface area (Å²) in [5.41, 5.74) is 5.27. The lowest BCUT2D eigenvalue weighted by Crippen LogP contribution is -2.04. The van der Waals surface area contributed by atoms with Crippen LogP contribution in [0, 0.1) is 17.0 Å². The molecule has 6 heteroatoms. The lowest BCUT2D eigenvalue weighted by Gasteiger charge is -2.02. The van der Waals surface area contributed by atoms with Crippen LogP contribution in [-0.4, -0.2) is 16.0 Å². The molecule has 0 spiro atoms. The smallest absolute Gasteiger partial charge is 0.338 e. The van der Waals surface area contributed by atoms with E-state index < -0.39 is 10.9 Å². The number of anilines is 1. The van der Waals surface area contributed by atoms with Gasteiger partial charge in [-0.15, -0.1) is 0 Å². The molecular formula is C8H8N2O4. The van der Waals surface area contributed by atoms with E-state index in [0.717, 1.165) is 6.07 Å². The molecule has 0 aliphatic rings. The van der Waals surface area contributed by atoms with E-state index in [9.17, 15) is 14.9 Å². The van der Waals surface area contributed by atoms with Crippen LogP contribution in [0.4, 0.5) is 11.4 Å². The normalized spacial score (nSPS) is 9.79. The Hall–Kier alpha value is -2.11. The number of aromatic carboxylic acids is 1. The molecule has 0 aliphatic carbocycles. The number of carboxylic acids is 1. The van der Waals surface area contributed by atoms with Gasteiger partial charge in [-0.05, 0) is 13.0 Å². The van der Waals surface area contributed by atoms with E-state index in [0.29, 0.717) is 5.56 Å². The monoisotopic (exact) mass is 196 g/mol. The van der Waals surface area contributed by atoms with Crippen molar-refractivity contribution in [1.82, 2.24) is 0 Å². The molecule has 1 aromatic rings. The maximum atomic E-state index is 10.6. The van der Waals surface area contributed by atoms with Gasteiger partial charge in [-0.1, -0.05) is 0 Å². The number of aryl methyl sites for hydroxylation is 1. The fourth-order valence-electron chi connectivity index (χ4n) is 1.10. The largest absolute Gasteiger partial charge is 0.478 e. The number of nitrogens with two attached hydrogens (primary N) is 1. The fourth-order valence-corrected chi connectivity index (χ4v) is 1.10. The molecule has 0 aliphatic heterocycles. The van der Waals surface area contributed by atoms with Gasteiger partial charge in [0.25, 0.3) is 5.69 Å². The first-order valence-corrected chi connectivity index (χ1v) is 3.71. The molecule has 0 saturated carbocycles. The topological polar surface area (TPSA) is 106 Å². The summed E-state index contributed by atoms with van der Waals surface area (Å²) in [5, 5.41) is 19.1. The van der Waals surface area contributed by atoms with Crippen molar-refractivity contribution >= 4 is 17.3 Å². The minimum absolute atomic E-state index is 0.0283. The van der Waals surface area contributed by atoms with Crippen LogP contribution in [0.2, 0.25) is 0 Å². The molecule has 0 saturated heterocycles. The quantitative estimate of drug-likeness (QED) is 0.419. The SMILES string of the molecule is Cc1cc(N)c(C(=O)O)cc1[N+](=O)[O-]. The van der Waals surface area contributed by atoms with Crippen LogP contribution in [0.25, 0.3) is 0 Å². The zero-order valence-corrected chi connectivity index (χ0v) is 7.35. The van der Waals surface area contributed by atoms with Gasteiger partial charge < -0.3 is 10.8 Å². The number of nitro groups is 1. The summed E-state index contributed by atoms with van der Waals surface area (Å²) < 4.78 is 0. The molecule has 0 atom stereocenters. The van der Waals surface area contributed by atoms with E-state index in [1.54, 1.807) is 0 Å². The van der Waals surface area contributed by atoms with Crippen molar-refractivity contribution in [2.75, 3.05) is 5.73 Å². The lowest BCUT2D eigenvalue weighted by atomic mass is 10.1. The molecule has 1 rings (SSSR count). The number of rotatable bonds is 2. The molecule has 6 nitrogen and oxygen atoms in total. The zero-order chi connectivity index (χ0) is 10.9. The highest BCUT2D eigenvalue weighted by Crippen LogP contribution is 2.24. The average molecular weight is 196 g/mol. The van der Waals surface area contributed by atoms with Crippen LogP contribution >= 0.6 is 0 Å². The summed E-state index contributed by atoms with van der Waals surface area (Å²) in [6.45, 7) is 1.50. The lowest BCUT2D eigenvalue weighted by molar-refractivity contribution is -0.385. The molecule has 0 radical (unpaired) electrons. The van der Waals surface area contributed by atoms with Gasteiger partial charge in [-0.3, -0.25) is 10.1 Å². The number of benzene rings is 1. The summed E-state index contributed by atoms with van der Waals surface area (Å²) in [4.78, 5) is 20.4. The molecule has 0 bridgehead atoms. The summed E-state index contributed by atoms with van der Waals surface area (Å²) >= 11 is 0. The Balaban J connectivity index is 3.42. The summed E-state index contributed by atoms with van der Waals surface area (Å²) in [5.74, 6) is -1.27. The number of nitro benzene ring substituents is 1. The average Bonchev–Trinajstić information content (AvgIpc) is 2.02. The van der Waals surface area contributed by atoms with Gasteiger partial charge in [-0.2, -0.15) is 0 Å². The van der Waals surface area contributed by atoms with Gasteiger partial charge in [0.1, 0.15) is 0 Å². The fraction of sp³-hybridized carbons (Fsp3) is 0.125. The van der Waals surface area contributed by atoms with Gasteiger partial charge in [0, 0.05) is 17.3 Å². The predicted octanol–water partition coefficient (Wildman–Crippen LogP) is 1.18. The third kappa shape index (κ3) is 1.63. The third-order valence-electron chi connectivity index (χ3n) is 1.80. The van der Waals surface area contributed by atoms with Crippen LogP contribution in [0.3, 0.4) is 0 Å². The number of hydrogen-bond donors (Lipinski definition) is 2. The van der Waals surface area contributed by atoms with Crippen molar-refractivity contribution in [1.29, 1.82) is 0 Å². The Kier molecular flexibility index (Phi) is 2.37. The van der Waals surface area contributed by atoms with Crippen molar-refractivity contribution in [2.45, 2.75) is 6.92 Å². The maximum Gasteiger partial charge on any atom is 0.338 e. The van der Waals surface area contributed by atoms with Crippen LogP contribution < -0.4 is 5.73 Å². The molecule has 0 aromatic heterocycles. The predicted molar refractivity (Wildman–Crippen MR) is 49.2 cm³/mol. The van der Waals surface area contributed by atoms with Crippen LogP contribution in [0.1, 0.15) is 15.9 Å². The number of carboxylic acid groups (broad SMARTS) is 1. The Labute approximate surface area is 79.1 Å². The Morgan fingerprint density at radius 3 is 2.57 bits per heavy atom. The summed E-state index contributed by atoms with van der Waals surface area (Å²) in [6, 6.07) is 2.24. The molecule has 0 heterocycles.